The van der Waals surface area contributed by atoms with Crippen molar-refractivity contribution in [2.24, 2.45) is 9.98 Å². The summed E-state index contributed by atoms with van der Waals surface area (Å²) in [6, 6.07) is 35.8. The van der Waals surface area contributed by atoms with Crippen molar-refractivity contribution in [1.29, 1.82) is 0 Å². The Kier molecular flexibility index (Phi) is 8.78. The van der Waals surface area contributed by atoms with Crippen LogP contribution in [-0.4, -0.2) is 44.8 Å². The van der Waals surface area contributed by atoms with E-state index in [0.29, 0.717) is 46.9 Å². The second-order valence-electron chi connectivity index (χ2n) is 14.7. The van der Waals surface area contributed by atoms with Gasteiger partial charge in [0, 0.05) is 21.2 Å². The topological polar surface area (TPSA) is 83.8 Å². The Morgan fingerprint density at radius 2 is 0.804 bits per heavy atom. The monoisotopic (exact) mass is 798 g/mol. The van der Waals surface area contributed by atoms with Gasteiger partial charge in [-0.1, -0.05) is 121 Å². The van der Waals surface area contributed by atoms with E-state index >= 15 is 26.7 Å². The first-order valence-electron chi connectivity index (χ1n) is 18.3. The molecule has 4 aliphatic heterocycles. The van der Waals surface area contributed by atoms with E-state index in [1.165, 1.54) is 10.1 Å². The van der Waals surface area contributed by atoms with Crippen LogP contribution in [0.15, 0.2) is 131 Å². The maximum Gasteiger partial charge on any atom is 0.246 e. The minimum atomic E-state index is -3.59. The van der Waals surface area contributed by atoms with Crippen LogP contribution in [0.3, 0.4) is 0 Å². The molecule has 4 aliphatic rings. The van der Waals surface area contributed by atoms with Crippen molar-refractivity contribution >= 4 is 47.3 Å². The summed E-state index contributed by atoms with van der Waals surface area (Å²) >= 11 is 0. The Labute approximate surface area is 321 Å². The highest BCUT2D eigenvalue weighted by Gasteiger charge is 2.62. The normalized spacial score (nSPS) is 25.0. The van der Waals surface area contributed by atoms with E-state index in [9.17, 15) is 0 Å². The number of fused-ring (bicyclic) bond motifs is 2. The fourth-order valence-electron chi connectivity index (χ4n) is 8.77. The van der Waals surface area contributed by atoms with Gasteiger partial charge in [0.15, 0.2) is 37.6 Å². The molecule has 0 saturated carbocycles. The highest BCUT2D eigenvalue weighted by molar-refractivity contribution is 7.80. The van der Waals surface area contributed by atoms with Crippen LogP contribution in [0.4, 0.5) is 17.6 Å². The lowest BCUT2D eigenvalue weighted by Gasteiger charge is -2.40. The number of hydroxylamine groups is 4. The molecule has 0 N–H and O–H groups in total. The van der Waals surface area contributed by atoms with Crippen molar-refractivity contribution < 1.29 is 36.4 Å². The molecule has 286 valence electrons. The quantitative estimate of drug-likeness (QED) is 0.0687. The fraction of sp³-hybridized carbons (Fsp3) is 0.238. The molecule has 8 nitrogen and oxygen atoms in total. The molecule has 2 saturated heterocycles. The molecule has 4 atom stereocenters. The molecule has 14 heteroatoms. The average molecular weight is 799 g/mol. The third-order valence-electron chi connectivity index (χ3n) is 11.7. The van der Waals surface area contributed by atoms with Crippen LogP contribution in [0.2, 0.25) is 0 Å². The zero-order valence-corrected chi connectivity index (χ0v) is 32.1. The number of hydrogen-bond acceptors (Lipinski definition) is 8. The van der Waals surface area contributed by atoms with Crippen LogP contribution >= 0.6 is 14.3 Å². The SMILES string of the molecule is CC1(P(=O)(c2ccccc2)c2ccccc2)CCC2N=C(c3c(F)c(F)c(F)c(F)c3C3=NC4CCC(C)(P(=O)(c5ccccc5)c5ccccc5)N4O3)ON21. The molecule has 4 heterocycles. The van der Waals surface area contributed by atoms with E-state index in [1.807, 2.05) is 24.3 Å². The van der Waals surface area contributed by atoms with Crippen molar-refractivity contribution in [3.05, 3.63) is 156 Å². The highest BCUT2D eigenvalue weighted by Crippen LogP contribution is 2.65. The summed E-state index contributed by atoms with van der Waals surface area (Å²) in [4.78, 5) is 21.7. The van der Waals surface area contributed by atoms with Crippen molar-refractivity contribution in [3.8, 4) is 0 Å². The first kappa shape index (κ1) is 36.8. The number of halogens is 4. The van der Waals surface area contributed by atoms with Gasteiger partial charge in [0.2, 0.25) is 11.8 Å². The molecule has 0 amide bonds. The number of aliphatic imine (C=N–C) groups is 2. The minimum Gasteiger partial charge on any atom is -0.382 e. The zero-order valence-electron chi connectivity index (χ0n) is 30.4. The Morgan fingerprint density at radius 3 is 1.09 bits per heavy atom. The van der Waals surface area contributed by atoms with E-state index < -0.39 is 83.4 Å². The Hall–Kier alpha value is -4.86. The smallest absolute Gasteiger partial charge is 0.246 e. The predicted molar refractivity (Wildman–Crippen MR) is 208 cm³/mol. The molecule has 0 bridgehead atoms. The summed E-state index contributed by atoms with van der Waals surface area (Å²) < 4.78 is 94.1. The van der Waals surface area contributed by atoms with Gasteiger partial charge in [0.05, 0.1) is 11.1 Å². The number of rotatable bonds is 8. The summed E-state index contributed by atoms with van der Waals surface area (Å²) in [5.74, 6) is -8.73. The predicted octanol–water partition coefficient (Wildman–Crippen LogP) is 7.93. The van der Waals surface area contributed by atoms with E-state index in [0.717, 1.165) is 0 Å². The van der Waals surface area contributed by atoms with E-state index in [2.05, 4.69) is 9.98 Å². The van der Waals surface area contributed by atoms with Gasteiger partial charge in [0.1, 0.15) is 22.9 Å². The van der Waals surface area contributed by atoms with Gasteiger partial charge in [-0.05, 0) is 39.5 Å². The van der Waals surface area contributed by atoms with Crippen LogP contribution in [0, 0.1) is 23.3 Å². The summed E-state index contributed by atoms with van der Waals surface area (Å²) in [5.41, 5.74) is -1.66. The Bertz CT molecular complexity index is 2250. The van der Waals surface area contributed by atoms with Gasteiger partial charge >= 0.3 is 0 Å². The van der Waals surface area contributed by atoms with Gasteiger partial charge in [-0.15, -0.1) is 10.1 Å². The third kappa shape index (κ3) is 5.12. The molecule has 4 unspecified atom stereocenters. The summed E-state index contributed by atoms with van der Waals surface area (Å²) in [6.07, 6.45) is -0.311. The average Bonchev–Trinajstić information content (AvgIpc) is 4.02. The summed E-state index contributed by atoms with van der Waals surface area (Å²) in [5, 5.41) is 2.54. The van der Waals surface area contributed by atoms with Gasteiger partial charge < -0.3 is 18.8 Å². The molecule has 9 rings (SSSR count). The van der Waals surface area contributed by atoms with E-state index in [1.54, 1.807) is 111 Å². The number of nitrogens with zero attached hydrogens (tertiary/aromatic N) is 4. The fourth-order valence-corrected chi connectivity index (χ4v) is 15.7. The van der Waals surface area contributed by atoms with E-state index in [4.69, 9.17) is 9.68 Å². The highest BCUT2D eigenvalue weighted by atomic mass is 31.2. The molecule has 5 aromatic carbocycles. The van der Waals surface area contributed by atoms with Gasteiger partial charge in [-0.2, -0.15) is 0 Å². The van der Waals surface area contributed by atoms with Crippen LogP contribution < -0.4 is 21.2 Å². The van der Waals surface area contributed by atoms with Gasteiger partial charge in [-0.25, -0.2) is 27.5 Å². The van der Waals surface area contributed by atoms with Crippen LogP contribution in [0.1, 0.15) is 50.7 Å². The Balaban J connectivity index is 1.12. The molecular weight excluding hydrogens is 762 g/mol. The number of hydrogen-bond donors (Lipinski definition) is 0. The van der Waals surface area contributed by atoms with Crippen LogP contribution in [-0.2, 0) is 18.8 Å². The number of benzene rings is 5. The van der Waals surface area contributed by atoms with Gasteiger partial charge in [0.25, 0.3) is 0 Å². The molecule has 0 aromatic heterocycles. The molecule has 0 spiro atoms. The third-order valence-corrected chi connectivity index (χ3v) is 19.3. The van der Waals surface area contributed by atoms with Crippen LogP contribution in [0.5, 0.6) is 0 Å². The first-order chi connectivity index (χ1) is 26.9. The maximum atomic E-state index is 16.2. The molecule has 0 aliphatic carbocycles. The molecule has 56 heavy (non-hydrogen) atoms. The lowest BCUT2D eigenvalue weighted by molar-refractivity contribution is -0.103. The minimum absolute atomic E-state index is 0.312. The van der Waals surface area contributed by atoms with Crippen LogP contribution in [0.25, 0.3) is 0 Å². The van der Waals surface area contributed by atoms with E-state index in [-0.39, 0.29) is 0 Å². The largest absolute Gasteiger partial charge is 0.382 e. The lowest BCUT2D eigenvalue weighted by atomic mass is 10.0. The second kappa shape index (κ2) is 13.4. The van der Waals surface area contributed by atoms with Crippen molar-refractivity contribution in [2.45, 2.75) is 62.4 Å². The molecular formula is C42H36F4N4O4P2. The summed E-state index contributed by atoms with van der Waals surface area (Å²) in [7, 11) is -7.19. The lowest BCUT2D eigenvalue weighted by Crippen LogP contribution is -2.47. The Morgan fingerprint density at radius 1 is 0.518 bits per heavy atom. The standard InChI is InChI=1S/C42H36F4N4O4P2/c1-41(55(51,27-15-7-3-8-16-27)28-17-9-4-10-18-28)25-23-31-47-39(53-49(31)41)33-34(36(44)38(46)37(45)35(33)43)40-48-32-24-26-42(2,50(32)54-40)56(52,29-19-11-5-12-20-29)30-21-13-6-14-22-30/h3-22,31-32H,23-26H2,1-2H3. The molecule has 2 fully saturated rings. The van der Waals surface area contributed by atoms with Crippen molar-refractivity contribution in [3.63, 3.8) is 0 Å². The maximum absolute atomic E-state index is 16.2. The zero-order chi connectivity index (χ0) is 39.0. The van der Waals surface area contributed by atoms with Crippen molar-refractivity contribution in [2.75, 3.05) is 0 Å². The second-order valence-corrected chi connectivity index (χ2v) is 21.2. The van der Waals surface area contributed by atoms with Gasteiger partial charge in [-0.3, -0.25) is 0 Å². The molecule has 0 radical (unpaired) electrons. The molecule has 5 aromatic rings. The van der Waals surface area contributed by atoms with Crippen molar-refractivity contribution in [1.82, 2.24) is 10.1 Å². The summed E-state index contributed by atoms with van der Waals surface area (Å²) in [6.45, 7) is 3.54. The first-order valence-corrected chi connectivity index (χ1v) is 21.7.